The number of nitrogens with one attached hydrogen (secondary N) is 4. The van der Waals surface area contributed by atoms with Gasteiger partial charge in [0.25, 0.3) is 0 Å². The molecule has 2 heterocycles. The molecule has 0 spiro atoms. The number of halogens is 2. The van der Waals surface area contributed by atoms with Gasteiger partial charge < -0.3 is 4.74 Å². The number of hydrogen-bond donors (Lipinski definition) is 4. The lowest BCUT2D eigenvalue weighted by Crippen LogP contribution is -2.58. The zero-order valence-corrected chi connectivity index (χ0v) is 22.1. The predicted octanol–water partition coefficient (Wildman–Crippen LogP) is 1.44. The van der Waals surface area contributed by atoms with Crippen LogP contribution in [0.3, 0.4) is 0 Å². The molecule has 7 unspecified atom stereocenters. The van der Waals surface area contributed by atoms with Crippen LogP contribution in [0.1, 0.15) is 57.8 Å². The number of ether oxygens (including phenoxy) is 1. The zero-order valence-electron chi connectivity index (χ0n) is 20.6. The summed E-state index contributed by atoms with van der Waals surface area (Å²) in [5, 5.41) is 4.95. The summed E-state index contributed by atoms with van der Waals surface area (Å²) in [6.45, 7) is 2.76. The third kappa shape index (κ3) is 7.06. The van der Waals surface area contributed by atoms with Crippen LogP contribution in [-0.4, -0.2) is 81.7 Å². The maximum absolute atomic E-state index is 14.9. The summed E-state index contributed by atoms with van der Waals surface area (Å²) in [7, 11) is -1.93. The Kier molecular flexibility index (Phi) is 9.67. The molecule has 7 atom stereocenters. The summed E-state index contributed by atoms with van der Waals surface area (Å²) in [5.74, 6) is -1.18. The number of hydrogen-bond acceptors (Lipinski definition) is 7. The van der Waals surface area contributed by atoms with Gasteiger partial charge in [-0.25, -0.2) is 12.8 Å². The van der Waals surface area contributed by atoms with E-state index in [-0.39, 0.29) is 12.0 Å². The number of likely N-dealkylation sites (N-methyl/N-ethyl adjacent to an activating group) is 1. The van der Waals surface area contributed by atoms with Gasteiger partial charge in [0.1, 0.15) is 17.6 Å². The Bertz CT molecular complexity index is 818. The summed E-state index contributed by atoms with van der Waals surface area (Å²) in [6, 6.07) is 0.135. The first-order chi connectivity index (χ1) is 16.7. The van der Waals surface area contributed by atoms with Crippen LogP contribution in [0.4, 0.5) is 4.39 Å². The molecule has 4 aliphatic rings. The summed E-state index contributed by atoms with van der Waals surface area (Å²) in [4.78, 5) is 17.3. The average molecular weight is 538 g/mol. The highest BCUT2D eigenvalue weighted by molar-refractivity contribution is 7.90. The normalized spacial score (nSPS) is 37.9. The van der Waals surface area contributed by atoms with Crippen LogP contribution in [0.5, 0.6) is 0 Å². The van der Waals surface area contributed by atoms with Crippen molar-refractivity contribution in [2.45, 2.75) is 86.9 Å². The second-order valence-electron chi connectivity index (χ2n) is 10.8. The predicted molar refractivity (Wildman–Crippen MR) is 133 cm³/mol. The number of sulfonamides is 1. The molecule has 0 aromatic rings. The third-order valence-corrected chi connectivity index (χ3v) is 10.2. The summed E-state index contributed by atoms with van der Waals surface area (Å²) < 4.78 is 47.2. The minimum atomic E-state index is -3.93. The minimum absolute atomic E-state index is 0.0434. The van der Waals surface area contributed by atoms with Crippen LogP contribution in [0.15, 0.2) is 0 Å². The molecule has 0 aromatic heterocycles. The molecule has 2 aliphatic carbocycles. The number of piperidine rings is 1. The van der Waals surface area contributed by atoms with Gasteiger partial charge >= 0.3 is 0 Å². The second-order valence-corrected chi connectivity index (χ2v) is 13.3. The van der Waals surface area contributed by atoms with E-state index in [0.717, 1.165) is 26.1 Å². The highest BCUT2D eigenvalue weighted by Crippen LogP contribution is 2.37. The lowest BCUT2D eigenvalue weighted by atomic mass is 9.76. The van der Waals surface area contributed by atoms with Gasteiger partial charge in [-0.15, -0.1) is 16.4 Å². The maximum Gasteiger partial charge on any atom is 0.241 e. The van der Waals surface area contributed by atoms with Crippen LogP contribution in [0, 0.1) is 17.8 Å². The first kappa shape index (κ1) is 27.5. The van der Waals surface area contributed by atoms with E-state index >= 15 is 0 Å². The molecule has 202 valence electrons. The monoisotopic (exact) mass is 537 g/mol. The van der Waals surface area contributed by atoms with Crippen LogP contribution in [0.2, 0.25) is 0 Å². The van der Waals surface area contributed by atoms with Crippen LogP contribution in [-0.2, 0) is 19.6 Å². The van der Waals surface area contributed by atoms with Gasteiger partial charge in [-0.2, -0.15) is 0 Å². The van der Waals surface area contributed by atoms with E-state index in [1.165, 1.54) is 19.3 Å². The van der Waals surface area contributed by atoms with Gasteiger partial charge in [0, 0.05) is 19.3 Å². The molecule has 2 saturated carbocycles. The molecule has 4 rings (SSSR count). The Morgan fingerprint density at radius 1 is 1.14 bits per heavy atom. The molecular weight excluding hydrogens is 497 g/mol. The fourth-order valence-corrected chi connectivity index (χ4v) is 7.83. The molecule has 2 saturated heterocycles. The highest BCUT2D eigenvalue weighted by Gasteiger charge is 2.45. The molecule has 12 heteroatoms. The number of alkyl halides is 2. The topological polar surface area (TPSA) is 112 Å². The Morgan fingerprint density at radius 3 is 2.63 bits per heavy atom. The molecule has 4 N–H and O–H groups in total. The van der Waals surface area contributed by atoms with E-state index in [1.807, 2.05) is 7.05 Å². The largest absolute Gasteiger partial charge is 0.362 e. The molecule has 0 radical (unpaired) electrons. The quantitative estimate of drug-likeness (QED) is 0.274. The summed E-state index contributed by atoms with van der Waals surface area (Å²) in [5.41, 5.74) is 2.30. The fourth-order valence-electron chi connectivity index (χ4n) is 6.06. The van der Waals surface area contributed by atoms with Crippen molar-refractivity contribution in [2.75, 3.05) is 33.4 Å². The molecule has 2 aliphatic heterocycles. The van der Waals surface area contributed by atoms with Crippen molar-refractivity contribution < 1.29 is 22.3 Å². The number of hydrazine groups is 1. The summed E-state index contributed by atoms with van der Waals surface area (Å²) >= 11 is 6.29. The number of nitrogens with zero attached hydrogens (tertiary/aromatic N) is 1. The van der Waals surface area contributed by atoms with Gasteiger partial charge in [-0.1, -0.05) is 19.3 Å². The summed E-state index contributed by atoms with van der Waals surface area (Å²) in [6.07, 6.45) is 5.61. The highest BCUT2D eigenvalue weighted by atomic mass is 35.5. The third-order valence-electron chi connectivity index (χ3n) is 8.15. The molecule has 4 fully saturated rings. The Balaban J connectivity index is 1.32. The number of amides is 1. The van der Waals surface area contributed by atoms with Crippen molar-refractivity contribution in [3.63, 3.8) is 0 Å². The maximum atomic E-state index is 14.9. The zero-order chi connectivity index (χ0) is 25.0. The van der Waals surface area contributed by atoms with Crippen molar-refractivity contribution in [3.8, 4) is 0 Å². The molecular formula is C23H41ClFN5O4S. The van der Waals surface area contributed by atoms with E-state index in [0.29, 0.717) is 44.8 Å². The molecule has 0 aromatic carbocycles. The lowest BCUT2D eigenvalue weighted by molar-refractivity contribution is -0.129. The average Bonchev–Trinajstić information content (AvgIpc) is 3.30. The van der Waals surface area contributed by atoms with E-state index in [1.54, 1.807) is 0 Å². The fraction of sp³-hybridized carbons (Fsp3) is 0.957. The van der Waals surface area contributed by atoms with Crippen molar-refractivity contribution in [3.05, 3.63) is 0 Å². The second kappa shape index (κ2) is 12.3. The Labute approximate surface area is 213 Å². The molecule has 9 nitrogen and oxygen atoms in total. The first-order valence-electron chi connectivity index (χ1n) is 13.1. The molecule has 35 heavy (non-hydrogen) atoms. The first-order valence-corrected chi connectivity index (χ1v) is 15.1. The number of rotatable bonds is 8. The Hall–Kier alpha value is -0.560. The van der Waals surface area contributed by atoms with E-state index in [2.05, 4.69) is 25.8 Å². The van der Waals surface area contributed by atoms with Gasteiger partial charge in [0.15, 0.2) is 0 Å². The van der Waals surface area contributed by atoms with E-state index in [4.69, 9.17) is 16.3 Å². The lowest BCUT2D eigenvalue weighted by Gasteiger charge is -2.37. The van der Waals surface area contributed by atoms with Crippen molar-refractivity contribution in [1.29, 1.82) is 0 Å². The van der Waals surface area contributed by atoms with Gasteiger partial charge in [0.2, 0.25) is 15.9 Å². The number of carbonyl (C=O) groups is 1. The van der Waals surface area contributed by atoms with Gasteiger partial charge in [0.05, 0.1) is 17.9 Å². The van der Waals surface area contributed by atoms with Crippen molar-refractivity contribution in [1.82, 2.24) is 25.8 Å². The van der Waals surface area contributed by atoms with Crippen LogP contribution >= 0.6 is 11.6 Å². The van der Waals surface area contributed by atoms with Gasteiger partial charge in [-0.05, 0) is 64.0 Å². The van der Waals surface area contributed by atoms with Crippen LogP contribution in [0.25, 0.3) is 0 Å². The smallest absolute Gasteiger partial charge is 0.241 e. The van der Waals surface area contributed by atoms with Gasteiger partial charge in [-0.3, -0.25) is 25.8 Å². The van der Waals surface area contributed by atoms with Crippen LogP contribution < -0.4 is 20.9 Å². The minimum Gasteiger partial charge on any atom is -0.362 e. The standard InChI is InChI=1S/C23H41ClFN5O4S/c1-30-12-19(27-14-30)16-10-17(21(25)18(24)11-16)22(31)28-29-35(32,33)20-8-5-9-26-23(20)34-13-15-6-3-2-4-7-15/h15-21,23,26-27,29H,2-14H2,1H3,(H,28,31). The Morgan fingerprint density at radius 2 is 1.91 bits per heavy atom. The van der Waals surface area contributed by atoms with E-state index < -0.39 is 44.9 Å². The van der Waals surface area contributed by atoms with Crippen molar-refractivity contribution in [2.24, 2.45) is 17.8 Å². The SMILES string of the molecule is CN1CNC(C2CC(Cl)C(F)C(C(=O)NNS(=O)(=O)C3CCCNC3OCC3CCCCC3)C2)C1. The molecule has 1 amide bonds. The van der Waals surface area contributed by atoms with Crippen molar-refractivity contribution >= 4 is 27.5 Å². The molecule has 0 bridgehead atoms. The van der Waals surface area contributed by atoms with E-state index in [9.17, 15) is 17.6 Å². The number of carbonyl (C=O) groups excluding carboxylic acids is 1.